The number of H-pyrrole nitrogens is 1. The smallest absolute Gasteiger partial charge is 0.225 e. The average molecular weight is 351 g/mol. The van der Waals surface area contributed by atoms with Gasteiger partial charge in [-0.25, -0.2) is 9.97 Å². The normalized spacial score (nSPS) is 10.9. The van der Waals surface area contributed by atoms with E-state index in [4.69, 9.17) is 0 Å². The van der Waals surface area contributed by atoms with E-state index in [1.54, 1.807) is 12.4 Å². The van der Waals surface area contributed by atoms with Crippen LogP contribution in [0, 0.1) is 0 Å². The molecule has 3 heterocycles. The molecule has 0 aliphatic carbocycles. The minimum atomic E-state index is 0.582. The van der Waals surface area contributed by atoms with Crippen LogP contribution in [-0.4, -0.2) is 31.7 Å². The van der Waals surface area contributed by atoms with Gasteiger partial charge < -0.3 is 5.32 Å². The maximum atomic E-state index is 4.52. The molecule has 0 bridgehead atoms. The summed E-state index contributed by atoms with van der Waals surface area (Å²) in [7, 11) is 0. The van der Waals surface area contributed by atoms with Crippen molar-refractivity contribution in [3.05, 3.63) is 29.0 Å². The van der Waals surface area contributed by atoms with Crippen LogP contribution in [-0.2, 0) is 0 Å². The third-order valence-corrected chi connectivity index (χ3v) is 4.45. The maximum absolute atomic E-state index is 4.52. The molecular formula is C12H11BrN6S. The fourth-order valence-corrected chi connectivity index (χ4v) is 3.01. The van der Waals surface area contributed by atoms with E-state index in [0.29, 0.717) is 11.6 Å². The molecule has 0 saturated carbocycles. The first-order valence-corrected chi connectivity index (χ1v) is 7.62. The quantitative estimate of drug-likeness (QED) is 0.703. The van der Waals surface area contributed by atoms with Crippen LogP contribution < -0.4 is 5.32 Å². The van der Waals surface area contributed by atoms with Gasteiger partial charge in [0.15, 0.2) is 5.65 Å². The van der Waals surface area contributed by atoms with E-state index in [0.717, 1.165) is 26.5 Å². The fraction of sp³-hybridized carbons (Fsp3) is 0.167. The number of anilines is 1. The number of hydrogen-bond acceptors (Lipinski definition) is 6. The number of halogens is 1. The predicted octanol–water partition coefficient (Wildman–Crippen LogP) is 3.09. The molecule has 0 amide bonds. The maximum Gasteiger partial charge on any atom is 0.225 e. The lowest BCUT2D eigenvalue weighted by atomic mass is 10.4. The molecule has 0 atom stereocenters. The van der Waals surface area contributed by atoms with E-state index < -0.39 is 0 Å². The van der Waals surface area contributed by atoms with E-state index in [-0.39, 0.29) is 0 Å². The summed E-state index contributed by atoms with van der Waals surface area (Å²) >= 11 is 4.97. The first-order chi connectivity index (χ1) is 9.78. The Kier molecular flexibility index (Phi) is 3.83. The molecule has 102 valence electrons. The number of pyridine rings is 1. The number of fused-ring (bicyclic) bond motifs is 1. The van der Waals surface area contributed by atoms with Crippen LogP contribution >= 0.6 is 27.7 Å². The zero-order valence-electron chi connectivity index (χ0n) is 10.6. The second kappa shape index (κ2) is 5.76. The van der Waals surface area contributed by atoms with Crippen molar-refractivity contribution >= 4 is 44.7 Å². The molecule has 0 radical (unpaired) electrons. The molecule has 2 N–H and O–H groups in total. The molecule has 3 aromatic rings. The minimum absolute atomic E-state index is 0.582. The SMILES string of the molecule is CCNc1nc(Sc2ncccc2Br)c2cn[nH]c2n1. The molecule has 0 aromatic carbocycles. The van der Waals surface area contributed by atoms with Gasteiger partial charge in [-0.3, -0.25) is 5.10 Å². The number of rotatable bonds is 4. The lowest BCUT2D eigenvalue weighted by molar-refractivity contribution is 1.03. The van der Waals surface area contributed by atoms with Gasteiger partial charge >= 0.3 is 0 Å². The Morgan fingerprint density at radius 3 is 3.05 bits per heavy atom. The molecule has 0 spiro atoms. The molecule has 8 heteroatoms. The Hall–Kier alpha value is -1.67. The van der Waals surface area contributed by atoms with Gasteiger partial charge in [-0.1, -0.05) is 0 Å². The molecule has 20 heavy (non-hydrogen) atoms. The second-order valence-electron chi connectivity index (χ2n) is 3.91. The van der Waals surface area contributed by atoms with Gasteiger partial charge in [-0.2, -0.15) is 10.1 Å². The molecule has 3 rings (SSSR count). The molecule has 0 unspecified atom stereocenters. The van der Waals surface area contributed by atoms with Gasteiger partial charge in [0.05, 0.1) is 16.1 Å². The minimum Gasteiger partial charge on any atom is -0.354 e. The number of aromatic nitrogens is 5. The molecule has 0 saturated heterocycles. The number of nitrogens with one attached hydrogen (secondary N) is 2. The van der Waals surface area contributed by atoms with E-state index in [1.807, 2.05) is 19.1 Å². The number of hydrogen-bond donors (Lipinski definition) is 2. The topological polar surface area (TPSA) is 79.4 Å². The van der Waals surface area contributed by atoms with Crippen molar-refractivity contribution in [1.82, 2.24) is 25.1 Å². The summed E-state index contributed by atoms with van der Waals surface area (Å²) in [5, 5.41) is 12.6. The molecule has 6 nitrogen and oxygen atoms in total. The van der Waals surface area contributed by atoms with Gasteiger partial charge in [0.2, 0.25) is 5.95 Å². The highest BCUT2D eigenvalue weighted by atomic mass is 79.9. The standard InChI is InChI=1S/C12H11BrN6S/c1-2-14-12-17-9-7(6-16-19-9)10(18-12)20-11-8(13)4-3-5-15-11/h3-6H,2H2,1H3,(H2,14,16,17,18,19). The van der Waals surface area contributed by atoms with Crippen molar-refractivity contribution in [3.8, 4) is 0 Å². The van der Waals surface area contributed by atoms with Gasteiger partial charge in [0, 0.05) is 12.7 Å². The lowest BCUT2D eigenvalue weighted by Crippen LogP contribution is -2.03. The van der Waals surface area contributed by atoms with Crippen molar-refractivity contribution in [1.29, 1.82) is 0 Å². The summed E-state index contributed by atoms with van der Waals surface area (Å²) in [4.78, 5) is 13.2. The van der Waals surface area contributed by atoms with Crippen LogP contribution in [0.4, 0.5) is 5.95 Å². The number of nitrogens with zero attached hydrogens (tertiary/aromatic N) is 4. The Balaban J connectivity index is 2.05. The van der Waals surface area contributed by atoms with Gasteiger partial charge in [-0.05, 0) is 46.7 Å². The van der Waals surface area contributed by atoms with Crippen molar-refractivity contribution in [2.45, 2.75) is 17.0 Å². The zero-order valence-corrected chi connectivity index (χ0v) is 13.0. The zero-order chi connectivity index (χ0) is 13.9. The molecular weight excluding hydrogens is 340 g/mol. The third-order valence-electron chi connectivity index (χ3n) is 2.53. The first kappa shape index (κ1) is 13.3. The second-order valence-corrected chi connectivity index (χ2v) is 5.74. The van der Waals surface area contributed by atoms with E-state index in [9.17, 15) is 0 Å². The van der Waals surface area contributed by atoms with Gasteiger partial charge in [0.25, 0.3) is 0 Å². The molecule has 0 aliphatic rings. The Bertz CT molecular complexity index is 744. The average Bonchev–Trinajstić information content (AvgIpc) is 2.90. The predicted molar refractivity (Wildman–Crippen MR) is 81.9 cm³/mol. The highest BCUT2D eigenvalue weighted by Crippen LogP contribution is 2.34. The van der Waals surface area contributed by atoms with Gasteiger partial charge in [-0.15, -0.1) is 0 Å². The summed E-state index contributed by atoms with van der Waals surface area (Å²) in [6.45, 7) is 2.76. The van der Waals surface area contributed by atoms with Crippen molar-refractivity contribution < 1.29 is 0 Å². The summed E-state index contributed by atoms with van der Waals surface area (Å²) in [6, 6.07) is 3.83. The monoisotopic (exact) mass is 350 g/mol. The summed E-state index contributed by atoms with van der Waals surface area (Å²) in [5.41, 5.74) is 0.713. The van der Waals surface area contributed by atoms with E-state index >= 15 is 0 Å². The van der Waals surface area contributed by atoms with Gasteiger partial charge in [0.1, 0.15) is 10.1 Å². The Morgan fingerprint density at radius 1 is 1.35 bits per heavy atom. The summed E-state index contributed by atoms with van der Waals surface area (Å²) in [5.74, 6) is 0.582. The highest BCUT2D eigenvalue weighted by Gasteiger charge is 2.12. The van der Waals surface area contributed by atoms with Crippen molar-refractivity contribution in [2.75, 3.05) is 11.9 Å². The van der Waals surface area contributed by atoms with Crippen LogP contribution in [0.1, 0.15) is 6.92 Å². The largest absolute Gasteiger partial charge is 0.354 e. The third kappa shape index (κ3) is 2.61. The fourth-order valence-electron chi connectivity index (χ4n) is 1.66. The summed E-state index contributed by atoms with van der Waals surface area (Å²) < 4.78 is 0.935. The summed E-state index contributed by atoms with van der Waals surface area (Å²) in [6.07, 6.45) is 3.48. The van der Waals surface area contributed by atoms with Crippen molar-refractivity contribution in [3.63, 3.8) is 0 Å². The van der Waals surface area contributed by atoms with Crippen LogP contribution in [0.5, 0.6) is 0 Å². The Morgan fingerprint density at radius 2 is 2.25 bits per heavy atom. The number of aromatic amines is 1. The van der Waals surface area contributed by atoms with E-state index in [2.05, 4.69) is 46.4 Å². The first-order valence-electron chi connectivity index (χ1n) is 6.01. The highest BCUT2D eigenvalue weighted by molar-refractivity contribution is 9.10. The molecule has 0 fully saturated rings. The van der Waals surface area contributed by atoms with Crippen LogP contribution in [0.25, 0.3) is 11.0 Å². The molecule has 3 aromatic heterocycles. The van der Waals surface area contributed by atoms with Crippen LogP contribution in [0.15, 0.2) is 39.1 Å². The van der Waals surface area contributed by atoms with Crippen LogP contribution in [0.2, 0.25) is 0 Å². The van der Waals surface area contributed by atoms with E-state index in [1.165, 1.54) is 11.8 Å². The Labute approximate surface area is 127 Å². The van der Waals surface area contributed by atoms with Crippen LogP contribution in [0.3, 0.4) is 0 Å². The molecule has 0 aliphatic heterocycles. The lowest BCUT2D eigenvalue weighted by Gasteiger charge is -2.06. The van der Waals surface area contributed by atoms with Crippen molar-refractivity contribution in [2.24, 2.45) is 0 Å².